The van der Waals surface area contributed by atoms with Crippen molar-refractivity contribution in [1.29, 1.82) is 5.26 Å². The lowest BCUT2D eigenvalue weighted by molar-refractivity contribution is 1.01. The number of nitrogens with one attached hydrogen (secondary N) is 1. The third kappa shape index (κ3) is 3.30. The molecule has 0 atom stereocenters. The van der Waals surface area contributed by atoms with Crippen molar-refractivity contribution in [3.63, 3.8) is 0 Å². The quantitative estimate of drug-likeness (QED) is 0.898. The third-order valence-electron chi connectivity index (χ3n) is 2.38. The van der Waals surface area contributed by atoms with Crippen LogP contribution in [0.4, 0.5) is 5.82 Å². The predicted molar refractivity (Wildman–Crippen MR) is 70.2 cm³/mol. The smallest absolute Gasteiger partial charge is 0.127 e. The van der Waals surface area contributed by atoms with E-state index in [9.17, 15) is 0 Å². The van der Waals surface area contributed by atoms with Crippen LogP contribution in [-0.2, 0) is 6.42 Å². The SMILES string of the molecule is Cc1cc(C#N)cc(NCCc2ccsc2)n1. The molecule has 0 fully saturated rings. The van der Waals surface area contributed by atoms with E-state index in [1.54, 1.807) is 23.5 Å². The first-order chi connectivity index (χ1) is 8.28. The summed E-state index contributed by atoms with van der Waals surface area (Å²) < 4.78 is 0. The number of rotatable bonds is 4. The summed E-state index contributed by atoms with van der Waals surface area (Å²) in [4.78, 5) is 4.34. The molecule has 0 aliphatic rings. The van der Waals surface area contributed by atoms with Crippen LogP contribution in [0.2, 0.25) is 0 Å². The molecule has 17 heavy (non-hydrogen) atoms. The maximum Gasteiger partial charge on any atom is 0.127 e. The lowest BCUT2D eigenvalue weighted by Gasteiger charge is -2.06. The van der Waals surface area contributed by atoms with Crippen molar-refractivity contribution >= 4 is 17.2 Å². The highest BCUT2D eigenvalue weighted by molar-refractivity contribution is 7.07. The Balaban J connectivity index is 1.95. The highest BCUT2D eigenvalue weighted by Gasteiger charge is 1.99. The standard InChI is InChI=1S/C13H13N3S/c1-10-6-12(8-14)7-13(16-10)15-4-2-11-3-5-17-9-11/h3,5-7,9H,2,4H2,1H3,(H,15,16). The van der Waals surface area contributed by atoms with E-state index in [1.807, 2.05) is 6.92 Å². The minimum atomic E-state index is 0.649. The van der Waals surface area contributed by atoms with Crippen molar-refractivity contribution in [1.82, 2.24) is 4.98 Å². The molecule has 0 aliphatic heterocycles. The van der Waals surface area contributed by atoms with Gasteiger partial charge in [0.1, 0.15) is 5.82 Å². The molecule has 0 radical (unpaired) electrons. The fourth-order valence-corrected chi connectivity index (χ4v) is 2.30. The Hall–Kier alpha value is -1.86. The van der Waals surface area contributed by atoms with Gasteiger partial charge in [0.25, 0.3) is 0 Å². The van der Waals surface area contributed by atoms with Crippen LogP contribution in [0.25, 0.3) is 0 Å². The van der Waals surface area contributed by atoms with Gasteiger partial charge in [-0.3, -0.25) is 0 Å². The first-order valence-corrected chi connectivity index (χ1v) is 6.36. The number of nitriles is 1. The Kier molecular flexibility index (Phi) is 3.73. The second kappa shape index (κ2) is 5.46. The van der Waals surface area contributed by atoms with Crippen LogP contribution in [0.1, 0.15) is 16.8 Å². The Morgan fingerprint density at radius 3 is 3.06 bits per heavy atom. The zero-order valence-electron chi connectivity index (χ0n) is 9.60. The average molecular weight is 243 g/mol. The van der Waals surface area contributed by atoms with E-state index in [0.29, 0.717) is 5.56 Å². The maximum absolute atomic E-state index is 8.86. The number of aryl methyl sites for hydroxylation is 1. The molecule has 0 unspecified atom stereocenters. The molecular formula is C13H13N3S. The maximum atomic E-state index is 8.86. The van der Waals surface area contributed by atoms with E-state index in [2.05, 4.69) is 33.2 Å². The summed E-state index contributed by atoms with van der Waals surface area (Å²) in [6.45, 7) is 2.73. The minimum Gasteiger partial charge on any atom is -0.370 e. The molecule has 0 saturated carbocycles. The lowest BCUT2D eigenvalue weighted by atomic mass is 10.2. The molecule has 0 saturated heterocycles. The van der Waals surface area contributed by atoms with Crippen LogP contribution >= 0.6 is 11.3 Å². The summed E-state index contributed by atoms with van der Waals surface area (Å²) in [5, 5.41) is 16.3. The second-order valence-corrected chi connectivity index (χ2v) is 4.58. The highest BCUT2D eigenvalue weighted by Crippen LogP contribution is 2.10. The van der Waals surface area contributed by atoms with Crippen molar-refractivity contribution in [2.75, 3.05) is 11.9 Å². The first-order valence-electron chi connectivity index (χ1n) is 5.41. The fraction of sp³-hybridized carbons (Fsp3) is 0.231. The van der Waals surface area contributed by atoms with Crippen LogP contribution < -0.4 is 5.32 Å². The van der Waals surface area contributed by atoms with Crippen molar-refractivity contribution < 1.29 is 0 Å². The van der Waals surface area contributed by atoms with Crippen molar-refractivity contribution in [2.24, 2.45) is 0 Å². The fourth-order valence-electron chi connectivity index (χ4n) is 1.59. The van der Waals surface area contributed by atoms with Gasteiger partial charge in [-0.2, -0.15) is 16.6 Å². The highest BCUT2D eigenvalue weighted by atomic mass is 32.1. The van der Waals surface area contributed by atoms with Gasteiger partial charge >= 0.3 is 0 Å². The molecule has 0 bridgehead atoms. The zero-order chi connectivity index (χ0) is 12.1. The van der Waals surface area contributed by atoms with Crippen molar-refractivity contribution in [3.05, 3.63) is 45.8 Å². The van der Waals surface area contributed by atoms with Crippen LogP contribution in [0.3, 0.4) is 0 Å². The minimum absolute atomic E-state index is 0.649. The molecular weight excluding hydrogens is 230 g/mol. The Bertz CT molecular complexity index is 526. The van der Waals surface area contributed by atoms with Gasteiger partial charge in [0.2, 0.25) is 0 Å². The van der Waals surface area contributed by atoms with Crippen molar-refractivity contribution in [2.45, 2.75) is 13.3 Å². The molecule has 1 N–H and O–H groups in total. The third-order valence-corrected chi connectivity index (χ3v) is 3.11. The predicted octanol–water partition coefficient (Wildman–Crippen LogP) is 2.98. The summed E-state index contributed by atoms with van der Waals surface area (Å²) in [7, 11) is 0. The number of hydrogen-bond donors (Lipinski definition) is 1. The number of anilines is 1. The molecule has 0 aromatic carbocycles. The van der Waals surface area contributed by atoms with Gasteiger partial charge in [-0.05, 0) is 47.9 Å². The molecule has 2 heterocycles. The summed E-state index contributed by atoms with van der Waals surface area (Å²) in [5.41, 5.74) is 2.84. The van der Waals surface area contributed by atoms with Crippen LogP contribution in [-0.4, -0.2) is 11.5 Å². The topological polar surface area (TPSA) is 48.7 Å². The summed E-state index contributed by atoms with van der Waals surface area (Å²) >= 11 is 1.71. The first kappa shape index (κ1) is 11.6. The Morgan fingerprint density at radius 2 is 2.35 bits per heavy atom. The van der Waals surface area contributed by atoms with Gasteiger partial charge in [0, 0.05) is 12.2 Å². The van der Waals surface area contributed by atoms with Gasteiger partial charge in [-0.25, -0.2) is 4.98 Å². The average Bonchev–Trinajstić information content (AvgIpc) is 2.81. The summed E-state index contributed by atoms with van der Waals surface area (Å²) in [6, 6.07) is 7.82. The normalized spacial score (nSPS) is 9.88. The largest absolute Gasteiger partial charge is 0.370 e. The molecule has 0 spiro atoms. The van der Waals surface area contributed by atoms with E-state index in [4.69, 9.17) is 5.26 Å². The van der Waals surface area contributed by atoms with E-state index >= 15 is 0 Å². The van der Waals surface area contributed by atoms with E-state index in [0.717, 1.165) is 24.5 Å². The number of nitrogens with zero attached hydrogens (tertiary/aromatic N) is 2. The lowest BCUT2D eigenvalue weighted by Crippen LogP contribution is -2.06. The van der Waals surface area contributed by atoms with Crippen LogP contribution in [0, 0.1) is 18.3 Å². The zero-order valence-corrected chi connectivity index (χ0v) is 10.4. The van der Waals surface area contributed by atoms with Gasteiger partial charge in [0.15, 0.2) is 0 Å². The molecule has 86 valence electrons. The number of pyridine rings is 1. The Labute approximate surface area is 105 Å². The van der Waals surface area contributed by atoms with Gasteiger partial charge in [-0.15, -0.1) is 0 Å². The number of aromatic nitrogens is 1. The monoisotopic (exact) mass is 243 g/mol. The van der Waals surface area contributed by atoms with Crippen LogP contribution in [0.5, 0.6) is 0 Å². The van der Waals surface area contributed by atoms with Gasteiger partial charge < -0.3 is 5.32 Å². The van der Waals surface area contributed by atoms with Gasteiger partial charge in [0.05, 0.1) is 11.6 Å². The number of thiophene rings is 1. The summed E-state index contributed by atoms with van der Waals surface area (Å²) in [6.07, 6.45) is 0.973. The van der Waals surface area contributed by atoms with E-state index in [1.165, 1.54) is 5.56 Å². The van der Waals surface area contributed by atoms with Crippen molar-refractivity contribution in [3.8, 4) is 6.07 Å². The molecule has 2 aromatic rings. The van der Waals surface area contributed by atoms with E-state index < -0.39 is 0 Å². The molecule has 2 aromatic heterocycles. The number of hydrogen-bond acceptors (Lipinski definition) is 4. The van der Waals surface area contributed by atoms with E-state index in [-0.39, 0.29) is 0 Å². The van der Waals surface area contributed by atoms with Gasteiger partial charge in [-0.1, -0.05) is 0 Å². The second-order valence-electron chi connectivity index (χ2n) is 3.80. The molecule has 0 aliphatic carbocycles. The molecule has 0 amide bonds. The molecule has 3 nitrogen and oxygen atoms in total. The Morgan fingerprint density at radius 1 is 1.47 bits per heavy atom. The molecule has 4 heteroatoms. The summed E-state index contributed by atoms with van der Waals surface area (Å²) in [5.74, 6) is 0.775. The van der Waals surface area contributed by atoms with Crippen LogP contribution in [0.15, 0.2) is 29.0 Å². The molecule has 2 rings (SSSR count).